The SMILES string of the molecule is Cc1cc(NS(C)(=O)=O)ccc1C(=O)O. The third kappa shape index (κ3) is 3.25. The Labute approximate surface area is 87.8 Å². The van der Waals surface area contributed by atoms with E-state index in [0.29, 0.717) is 11.3 Å². The maximum absolute atomic E-state index is 10.9. The lowest BCUT2D eigenvalue weighted by Crippen LogP contribution is -2.10. The molecule has 2 N–H and O–H groups in total. The molecule has 0 amide bonds. The predicted octanol–water partition coefficient (Wildman–Crippen LogP) is 1.06. The van der Waals surface area contributed by atoms with Crippen LogP contribution in [0.25, 0.3) is 0 Å². The molecule has 0 spiro atoms. The Morgan fingerprint density at radius 1 is 1.40 bits per heavy atom. The number of aryl methyl sites for hydroxylation is 1. The van der Waals surface area contributed by atoms with Crippen LogP contribution in [-0.2, 0) is 10.0 Å². The lowest BCUT2D eigenvalue weighted by Gasteiger charge is -2.06. The molecular formula is C9H11NO4S. The Balaban J connectivity index is 3.07. The molecule has 1 aromatic carbocycles. The Bertz CT molecular complexity index is 493. The smallest absolute Gasteiger partial charge is 0.335 e. The van der Waals surface area contributed by atoms with Crippen molar-refractivity contribution in [2.75, 3.05) is 11.0 Å². The van der Waals surface area contributed by atoms with Crippen molar-refractivity contribution in [3.05, 3.63) is 29.3 Å². The highest BCUT2D eigenvalue weighted by Crippen LogP contribution is 2.15. The van der Waals surface area contributed by atoms with Gasteiger partial charge in [-0.3, -0.25) is 4.72 Å². The lowest BCUT2D eigenvalue weighted by atomic mass is 10.1. The Morgan fingerprint density at radius 3 is 2.40 bits per heavy atom. The van der Waals surface area contributed by atoms with Crippen LogP contribution < -0.4 is 4.72 Å². The average Bonchev–Trinajstić information content (AvgIpc) is 1.99. The quantitative estimate of drug-likeness (QED) is 0.811. The number of sulfonamides is 1. The molecule has 1 rings (SSSR count). The molecule has 5 nitrogen and oxygen atoms in total. The molecule has 0 atom stereocenters. The molecular weight excluding hydrogens is 218 g/mol. The summed E-state index contributed by atoms with van der Waals surface area (Å²) in [7, 11) is -3.32. The van der Waals surface area contributed by atoms with Crippen molar-refractivity contribution in [2.24, 2.45) is 0 Å². The van der Waals surface area contributed by atoms with Gasteiger partial charge in [-0.25, -0.2) is 13.2 Å². The van der Waals surface area contributed by atoms with Crippen molar-refractivity contribution >= 4 is 21.7 Å². The van der Waals surface area contributed by atoms with Crippen molar-refractivity contribution in [1.29, 1.82) is 0 Å². The molecule has 0 aliphatic heterocycles. The standard InChI is InChI=1S/C9H11NO4S/c1-6-5-7(10-15(2,13)14)3-4-8(6)9(11)12/h3-5,10H,1-2H3,(H,11,12). The van der Waals surface area contributed by atoms with E-state index in [0.717, 1.165) is 6.26 Å². The monoisotopic (exact) mass is 229 g/mol. The first-order valence-corrected chi connectivity index (χ1v) is 6.00. The van der Waals surface area contributed by atoms with E-state index in [4.69, 9.17) is 5.11 Å². The van der Waals surface area contributed by atoms with Crippen LogP contribution >= 0.6 is 0 Å². The average molecular weight is 229 g/mol. The number of anilines is 1. The topological polar surface area (TPSA) is 83.5 Å². The number of rotatable bonds is 3. The largest absolute Gasteiger partial charge is 0.478 e. The Morgan fingerprint density at radius 2 is 2.00 bits per heavy atom. The Hall–Kier alpha value is -1.56. The summed E-state index contributed by atoms with van der Waals surface area (Å²) in [5.41, 5.74) is 1.03. The highest BCUT2D eigenvalue weighted by Gasteiger charge is 2.08. The molecule has 0 saturated carbocycles. The summed E-state index contributed by atoms with van der Waals surface area (Å²) >= 11 is 0. The van der Waals surface area contributed by atoms with Crippen LogP contribution in [0.5, 0.6) is 0 Å². The number of nitrogens with one attached hydrogen (secondary N) is 1. The second-order valence-corrected chi connectivity index (χ2v) is 4.96. The van der Waals surface area contributed by atoms with E-state index in [2.05, 4.69) is 4.72 Å². The molecule has 6 heteroatoms. The number of benzene rings is 1. The van der Waals surface area contributed by atoms with Gasteiger partial charge in [-0.05, 0) is 30.7 Å². The van der Waals surface area contributed by atoms with Crippen LogP contribution in [0.1, 0.15) is 15.9 Å². The van der Waals surface area contributed by atoms with Crippen molar-refractivity contribution in [1.82, 2.24) is 0 Å². The van der Waals surface area contributed by atoms with Gasteiger partial charge in [-0.15, -0.1) is 0 Å². The van der Waals surface area contributed by atoms with Gasteiger partial charge >= 0.3 is 5.97 Å². The molecule has 1 aromatic rings. The molecule has 0 heterocycles. The van der Waals surface area contributed by atoms with Gasteiger partial charge in [0.25, 0.3) is 0 Å². The number of hydrogen-bond acceptors (Lipinski definition) is 3. The van der Waals surface area contributed by atoms with Crippen LogP contribution in [0.4, 0.5) is 5.69 Å². The highest BCUT2D eigenvalue weighted by atomic mass is 32.2. The van der Waals surface area contributed by atoms with Crippen LogP contribution in [-0.4, -0.2) is 25.7 Å². The van der Waals surface area contributed by atoms with Gasteiger partial charge in [0, 0.05) is 5.69 Å². The summed E-state index contributed by atoms with van der Waals surface area (Å²) in [5, 5.41) is 8.75. The second kappa shape index (κ2) is 3.90. The minimum Gasteiger partial charge on any atom is -0.478 e. The van der Waals surface area contributed by atoms with Gasteiger partial charge in [0.15, 0.2) is 0 Å². The number of carboxylic acid groups (broad SMARTS) is 1. The molecule has 0 radical (unpaired) electrons. The number of carboxylic acids is 1. The van der Waals surface area contributed by atoms with E-state index in [9.17, 15) is 13.2 Å². The summed E-state index contributed by atoms with van der Waals surface area (Å²) in [6, 6.07) is 4.26. The zero-order valence-electron chi connectivity index (χ0n) is 8.31. The zero-order chi connectivity index (χ0) is 11.6. The molecule has 0 saturated heterocycles. The minimum absolute atomic E-state index is 0.161. The fourth-order valence-electron chi connectivity index (χ4n) is 1.18. The van der Waals surface area contributed by atoms with E-state index in [1.54, 1.807) is 6.92 Å². The summed E-state index contributed by atoms with van der Waals surface area (Å²) in [4.78, 5) is 10.7. The summed E-state index contributed by atoms with van der Waals surface area (Å²) < 4.78 is 24.1. The number of aromatic carboxylic acids is 1. The fraction of sp³-hybridized carbons (Fsp3) is 0.222. The summed E-state index contributed by atoms with van der Waals surface area (Å²) in [5.74, 6) is -1.03. The van der Waals surface area contributed by atoms with Gasteiger partial charge in [-0.2, -0.15) is 0 Å². The highest BCUT2D eigenvalue weighted by molar-refractivity contribution is 7.92. The molecule has 0 aliphatic rings. The molecule has 15 heavy (non-hydrogen) atoms. The normalized spacial score (nSPS) is 11.1. The van der Waals surface area contributed by atoms with Crippen LogP contribution in [0.2, 0.25) is 0 Å². The first-order valence-electron chi connectivity index (χ1n) is 4.11. The number of carbonyl (C=O) groups is 1. The van der Waals surface area contributed by atoms with Gasteiger partial charge in [0.1, 0.15) is 0 Å². The maximum Gasteiger partial charge on any atom is 0.335 e. The summed E-state index contributed by atoms with van der Waals surface area (Å²) in [6.07, 6.45) is 1.04. The van der Waals surface area contributed by atoms with Crippen molar-refractivity contribution in [2.45, 2.75) is 6.92 Å². The van der Waals surface area contributed by atoms with E-state index in [1.807, 2.05) is 0 Å². The van der Waals surface area contributed by atoms with Gasteiger partial charge in [0.05, 0.1) is 11.8 Å². The van der Waals surface area contributed by atoms with Crippen LogP contribution in [0.15, 0.2) is 18.2 Å². The van der Waals surface area contributed by atoms with Crippen molar-refractivity contribution in [3.63, 3.8) is 0 Å². The lowest BCUT2D eigenvalue weighted by molar-refractivity contribution is 0.0696. The molecule has 0 bridgehead atoms. The first kappa shape index (κ1) is 11.5. The van der Waals surface area contributed by atoms with Crippen LogP contribution in [0, 0.1) is 6.92 Å². The molecule has 0 aromatic heterocycles. The first-order chi connectivity index (χ1) is 6.79. The van der Waals surface area contributed by atoms with E-state index in [1.165, 1.54) is 18.2 Å². The zero-order valence-corrected chi connectivity index (χ0v) is 9.13. The molecule has 0 aliphatic carbocycles. The van der Waals surface area contributed by atoms with Gasteiger partial charge in [-0.1, -0.05) is 0 Å². The fourth-order valence-corrected chi connectivity index (χ4v) is 1.74. The Kier molecular flexibility index (Phi) is 2.99. The molecule has 0 unspecified atom stereocenters. The second-order valence-electron chi connectivity index (χ2n) is 3.21. The molecule has 82 valence electrons. The van der Waals surface area contributed by atoms with E-state index < -0.39 is 16.0 Å². The minimum atomic E-state index is -3.32. The third-order valence-electron chi connectivity index (χ3n) is 1.76. The maximum atomic E-state index is 10.9. The number of hydrogen-bond donors (Lipinski definition) is 2. The van der Waals surface area contributed by atoms with Crippen LogP contribution in [0.3, 0.4) is 0 Å². The van der Waals surface area contributed by atoms with E-state index in [-0.39, 0.29) is 5.56 Å². The van der Waals surface area contributed by atoms with Gasteiger partial charge < -0.3 is 5.11 Å². The third-order valence-corrected chi connectivity index (χ3v) is 2.37. The van der Waals surface area contributed by atoms with E-state index >= 15 is 0 Å². The van der Waals surface area contributed by atoms with Gasteiger partial charge in [0.2, 0.25) is 10.0 Å². The van der Waals surface area contributed by atoms with Crippen molar-refractivity contribution in [3.8, 4) is 0 Å². The predicted molar refractivity (Wildman–Crippen MR) is 56.6 cm³/mol. The summed E-state index contributed by atoms with van der Waals surface area (Å²) in [6.45, 7) is 1.61. The van der Waals surface area contributed by atoms with Crippen molar-refractivity contribution < 1.29 is 18.3 Å². The molecule has 0 fully saturated rings.